The quantitative estimate of drug-likeness (QED) is 0.872. The zero-order chi connectivity index (χ0) is 10.2. The molecule has 1 heterocycles. The summed E-state index contributed by atoms with van der Waals surface area (Å²) >= 11 is 5.60. The number of benzene rings is 1. The van der Waals surface area contributed by atoms with Crippen LogP contribution < -0.4 is 5.32 Å². The molecular formula is C10H12Cl2FNO. The van der Waals surface area contributed by atoms with Crippen LogP contribution in [0.4, 0.5) is 4.39 Å². The highest BCUT2D eigenvalue weighted by atomic mass is 35.5. The van der Waals surface area contributed by atoms with E-state index in [2.05, 4.69) is 5.32 Å². The zero-order valence-corrected chi connectivity index (χ0v) is 9.79. The van der Waals surface area contributed by atoms with Crippen LogP contribution in [0.2, 0.25) is 5.02 Å². The molecule has 1 fully saturated rings. The summed E-state index contributed by atoms with van der Waals surface area (Å²) in [4.78, 5) is 0. The molecule has 0 amide bonds. The first-order valence-corrected chi connectivity index (χ1v) is 4.77. The highest BCUT2D eigenvalue weighted by molar-refractivity contribution is 6.30. The van der Waals surface area contributed by atoms with Crippen molar-refractivity contribution in [1.82, 2.24) is 5.32 Å². The standard InChI is InChI=1S/C10H11ClFNO.ClH/c1-14-10(5-13-6-10)7-2-3-8(11)9(12)4-7;/h2-4,13H,5-6H2,1H3;1H. The molecule has 5 heteroatoms. The first-order valence-electron chi connectivity index (χ1n) is 4.39. The second-order valence-electron chi connectivity index (χ2n) is 3.43. The van der Waals surface area contributed by atoms with Gasteiger partial charge in [-0.25, -0.2) is 4.39 Å². The highest BCUT2D eigenvalue weighted by Crippen LogP contribution is 2.31. The molecule has 0 spiro atoms. The van der Waals surface area contributed by atoms with Crippen molar-refractivity contribution in [2.45, 2.75) is 5.60 Å². The Balaban J connectivity index is 0.00000112. The van der Waals surface area contributed by atoms with E-state index in [0.717, 1.165) is 5.56 Å². The average molecular weight is 252 g/mol. The minimum absolute atomic E-state index is 0. The van der Waals surface area contributed by atoms with Gasteiger partial charge in [0.05, 0.1) is 5.02 Å². The van der Waals surface area contributed by atoms with E-state index < -0.39 is 5.82 Å². The van der Waals surface area contributed by atoms with Gasteiger partial charge in [-0.3, -0.25) is 0 Å². The Bertz CT molecular complexity index is 350. The number of hydrogen-bond donors (Lipinski definition) is 1. The van der Waals surface area contributed by atoms with Crippen molar-refractivity contribution >= 4 is 24.0 Å². The summed E-state index contributed by atoms with van der Waals surface area (Å²) < 4.78 is 18.6. The lowest BCUT2D eigenvalue weighted by Gasteiger charge is -2.41. The molecule has 1 saturated heterocycles. The van der Waals surface area contributed by atoms with Crippen LogP contribution >= 0.6 is 24.0 Å². The van der Waals surface area contributed by atoms with Gasteiger partial charge >= 0.3 is 0 Å². The van der Waals surface area contributed by atoms with Crippen LogP contribution in [0.5, 0.6) is 0 Å². The number of hydrogen-bond acceptors (Lipinski definition) is 2. The van der Waals surface area contributed by atoms with E-state index in [4.69, 9.17) is 16.3 Å². The molecule has 0 aromatic heterocycles. The Labute approximate surface area is 99.2 Å². The summed E-state index contributed by atoms with van der Waals surface area (Å²) in [6.07, 6.45) is 0. The minimum atomic E-state index is -0.396. The molecule has 0 radical (unpaired) electrons. The van der Waals surface area contributed by atoms with Crippen LogP contribution in [-0.4, -0.2) is 20.2 Å². The van der Waals surface area contributed by atoms with Crippen molar-refractivity contribution in [3.8, 4) is 0 Å². The maximum absolute atomic E-state index is 13.2. The van der Waals surface area contributed by atoms with Crippen LogP contribution in [0.25, 0.3) is 0 Å². The molecule has 1 aliphatic rings. The molecule has 15 heavy (non-hydrogen) atoms. The van der Waals surface area contributed by atoms with E-state index in [1.165, 1.54) is 6.07 Å². The van der Waals surface area contributed by atoms with E-state index in [9.17, 15) is 4.39 Å². The lowest BCUT2D eigenvalue weighted by molar-refractivity contribution is -0.0567. The fourth-order valence-corrected chi connectivity index (χ4v) is 1.72. The van der Waals surface area contributed by atoms with Gasteiger partial charge in [-0.05, 0) is 17.7 Å². The fraction of sp³-hybridized carbons (Fsp3) is 0.400. The van der Waals surface area contributed by atoms with E-state index in [1.54, 1.807) is 19.2 Å². The van der Waals surface area contributed by atoms with Gasteiger partial charge in [0.25, 0.3) is 0 Å². The van der Waals surface area contributed by atoms with Crippen molar-refractivity contribution in [2.75, 3.05) is 20.2 Å². The molecule has 0 atom stereocenters. The van der Waals surface area contributed by atoms with Gasteiger partial charge in [-0.15, -0.1) is 12.4 Å². The molecule has 2 rings (SSSR count). The Morgan fingerprint density at radius 1 is 1.47 bits per heavy atom. The summed E-state index contributed by atoms with van der Waals surface area (Å²) in [5.41, 5.74) is 0.464. The van der Waals surface area contributed by atoms with Gasteiger partial charge < -0.3 is 10.1 Å². The Kier molecular flexibility index (Phi) is 3.95. The van der Waals surface area contributed by atoms with Gasteiger partial charge in [-0.2, -0.15) is 0 Å². The van der Waals surface area contributed by atoms with Crippen LogP contribution in [0.3, 0.4) is 0 Å². The van der Waals surface area contributed by atoms with Crippen LogP contribution in [0.15, 0.2) is 18.2 Å². The lowest BCUT2D eigenvalue weighted by atomic mass is 9.88. The lowest BCUT2D eigenvalue weighted by Crippen LogP contribution is -2.58. The van der Waals surface area contributed by atoms with E-state index in [1.807, 2.05) is 0 Å². The molecular weight excluding hydrogens is 240 g/mol. The first kappa shape index (κ1) is 12.7. The van der Waals surface area contributed by atoms with Crippen molar-refractivity contribution in [1.29, 1.82) is 0 Å². The largest absolute Gasteiger partial charge is 0.371 e. The second kappa shape index (κ2) is 4.66. The summed E-state index contributed by atoms with van der Waals surface area (Å²) in [6, 6.07) is 4.80. The molecule has 0 saturated carbocycles. The van der Waals surface area contributed by atoms with Crippen LogP contribution in [-0.2, 0) is 10.3 Å². The Morgan fingerprint density at radius 3 is 2.53 bits per heavy atom. The molecule has 0 aliphatic carbocycles. The fourth-order valence-electron chi connectivity index (χ4n) is 1.60. The SMILES string of the molecule is COC1(c2ccc(Cl)c(F)c2)CNC1.Cl. The monoisotopic (exact) mass is 251 g/mol. The van der Waals surface area contributed by atoms with Gasteiger partial charge in [-0.1, -0.05) is 17.7 Å². The number of halogens is 3. The number of methoxy groups -OCH3 is 1. The van der Waals surface area contributed by atoms with Gasteiger partial charge in [0.2, 0.25) is 0 Å². The minimum Gasteiger partial charge on any atom is -0.371 e. The smallest absolute Gasteiger partial charge is 0.142 e. The van der Waals surface area contributed by atoms with Crippen molar-refractivity contribution in [3.63, 3.8) is 0 Å². The maximum atomic E-state index is 13.2. The molecule has 0 unspecified atom stereocenters. The van der Waals surface area contributed by atoms with Crippen LogP contribution in [0, 0.1) is 5.82 Å². The number of ether oxygens (including phenoxy) is 1. The molecule has 1 N–H and O–H groups in total. The van der Waals surface area contributed by atoms with Crippen molar-refractivity contribution in [3.05, 3.63) is 34.6 Å². The highest BCUT2D eigenvalue weighted by Gasteiger charge is 2.39. The third-order valence-electron chi connectivity index (χ3n) is 2.66. The Morgan fingerprint density at radius 2 is 2.13 bits per heavy atom. The predicted octanol–water partition coefficient (Wildman–Crippen LogP) is 2.35. The third-order valence-corrected chi connectivity index (χ3v) is 2.96. The van der Waals surface area contributed by atoms with Crippen molar-refractivity contribution in [2.24, 2.45) is 0 Å². The molecule has 1 aliphatic heterocycles. The third kappa shape index (κ3) is 2.11. The first-order chi connectivity index (χ1) is 6.68. The number of rotatable bonds is 2. The second-order valence-corrected chi connectivity index (χ2v) is 3.84. The van der Waals surface area contributed by atoms with Gasteiger partial charge in [0.15, 0.2) is 0 Å². The summed E-state index contributed by atoms with van der Waals surface area (Å²) in [6.45, 7) is 1.43. The molecule has 84 valence electrons. The summed E-state index contributed by atoms with van der Waals surface area (Å²) in [7, 11) is 1.63. The summed E-state index contributed by atoms with van der Waals surface area (Å²) in [5, 5.41) is 3.25. The molecule has 1 aromatic carbocycles. The molecule has 1 aromatic rings. The molecule has 2 nitrogen and oxygen atoms in total. The van der Waals surface area contributed by atoms with Crippen LogP contribution in [0.1, 0.15) is 5.56 Å². The van der Waals surface area contributed by atoms with E-state index in [0.29, 0.717) is 13.1 Å². The van der Waals surface area contributed by atoms with E-state index in [-0.39, 0.29) is 23.0 Å². The predicted molar refractivity (Wildman–Crippen MR) is 60.2 cm³/mol. The molecule has 0 bridgehead atoms. The average Bonchev–Trinajstić information content (AvgIpc) is 2.10. The summed E-state index contributed by atoms with van der Waals surface area (Å²) in [5.74, 6) is -0.396. The topological polar surface area (TPSA) is 21.3 Å². The maximum Gasteiger partial charge on any atom is 0.142 e. The van der Waals surface area contributed by atoms with Gasteiger partial charge in [0.1, 0.15) is 11.4 Å². The van der Waals surface area contributed by atoms with Gasteiger partial charge in [0, 0.05) is 20.2 Å². The normalized spacial score (nSPS) is 17.8. The number of nitrogens with one attached hydrogen (secondary N) is 1. The van der Waals surface area contributed by atoms with E-state index >= 15 is 0 Å². The Hall–Kier alpha value is -0.350. The zero-order valence-electron chi connectivity index (χ0n) is 8.22. The van der Waals surface area contributed by atoms with Crippen molar-refractivity contribution < 1.29 is 9.13 Å².